The van der Waals surface area contributed by atoms with E-state index in [0.29, 0.717) is 40.3 Å². The summed E-state index contributed by atoms with van der Waals surface area (Å²) < 4.78 is 0. The van der Waals surface area contributed by atoms with Gasteiger partial charge in [-0.2, -0.15) is 0 Å². The zero-order valence-corrected chi connectivity index (χ0v) is 12.0. The number of nitrogens with two attached hydrogens (primary N) is 1. The number of benzene rings is 1. The average Bonchev–Trinajstić information content (AvgIpc) is 2.65. The van der Waals surface area contributed by atoms with E-state index in [1.165, 1.54) is 0 Å². The van der Waals surface area contributed by atoms with Crippen LogP contribution < -0.4 is 10.6 Å². The van der Waals surface area contributed by atoms with Gasteiger partial charge in [0.2, 0.25) is 5.91 Å². The maximum absolute atomic E-state index is 11.9. The summed E-state index contributed by atoms with van der Waals surface area (Å²) in [6, 6.07) is 3.25. The van der Waals surface area contributed by atoms with Crippen LogP contribution in [0.2, 0.25) is 10.0 Å². The summed E-state index contributed by atoms with van der Waals surface area (Å²) >= 11 is 15.3. The Kier molecular flexibility index (Phi) is 3.85. The van der Waals surface area contributed by atoms with E-state index >= 15 is 0 Å². The first-order valence-corrected chi connectivity index (χ1v) is 7.01. The SMILES string of the molecule is Nc1c(Cl)cc(Cl)cc1N1CC(CBr)CC1=O. The molecule has 1 unspecified atom stereocenters. The van der Waals surface area contributed by atoms with E-state index in [2.05, 4.69) is 15.9 Å². The largest absolute Gasteiger partial charge is 0.396 e. The van der Waals surface area contributed by atoms with Crippen molar-refractivity contribution in [3.8, 4) is 0 Å². The van der Waals surface area contributed by atoms with Crippen LogP contribution in [0.5, 0.6) is 0 Å². The first-order valence-electron chi connectivity index (χ1n) is 5.13. The van der Waals surface area contributed by atoms with Gasteiger partial charge in [-0.1, -0.05) is 39.1 Å². The van der Waals surface area contributed by atoms with Crippen LogP contribution in [-0.4, -0.2) is 17.8 Å². The van der Waals surface area contributed by atoms with Gasteiger partial charge in [-0.05, 0) is 18.1 Å². The van der Waals surface area contributed by atoms with E-state index in [0.717, 1.165) is 5.33 Å². The lowest BCUT2D eigenvalue weighted by Crippen LogP contribution is -2.25. The summed E-state index contributed by atoms with van der Waals surface area (Å²) in [7, 11) is 0. The number of anilines is 2. The fourth-order valence-corrected chi connectivity index (χ4v) is 2.83. The minimum Gasteiger partial charge on any atom is -0.396 e. The number of hydrogen-bond acceptors (Lipinski definition) is 2. The second-order valence-electron chi connectivity index (χ2n) is 4.05. The number of alkyl halides is 1. The lowest BCUT2D eigenvalue weighted by atomic mass is 10.2. The average molecular weight is 338 g/mol. The van der Waals surface area contributed by atoms with E-state index < -0.39 is 0 Å². The van der Waals surface area contributed by atoms with Crippen molar-refractivity contribution in [1.82, 2.24) is 0 Å². The molecule has 1 saturated heterocycles. The maximum atomic E-state index is 11.9. The molecule has 0 aromatic heterocycles. The highest BCUT2D eigenvalue weighted by atomic mass is 79.9. The summed E-state index contributed by atoms with van der Waals surface area (Å²) in [5.74, 6) is 0.360. The van der Waals surface area contributed by atoms with Crippen molar-refractivity contribution < 1.29 is 4.79 Å². The molecule has 1 aromatic rings. The van der Waals surface area contributed by atoms with Crippen molar-refractivity contribution in [2.45, 2.75) is 6.42 Å². The molecule has 1 amide bonds. The van der Waals surface area contributed by atoms with Crippen LogP contribution in [-0.2, 0) is 4.79 Å². The second-order valence-corrected chi connectivity index (χ2v) is 5.54. The van der Waals surface area contributed by atoms with Gasteiger partial charge < -0.3 is 10.6 Å². The molecule has 17 heavy (non-hydrogen) atoms. The van der Waals surface area contributed by atoms with Gasteiger partial charge in [0, 0.05) is 23.3 Å². The zero-order chi connectivity index (χ0) is 12.6. The molecule has 2 rings (SSSR count). The lowest BCUT2D eigenvalue weighted by molar-refractivity contribution is -0.117. The van der Waals surface area contributed by atoms with Gasteiger partial charge in [0.05, 0.1) is 16.4 Å². The van der Waals surface area contributed by atoms with E-state index in [4.69, 9.17) is 28.9 Å². The fourth-order valence-electron chi connectivity index (χ4n) is 1.91. The number of rotatable bonds is 2. The molecule has 0 saturated carbocycles. The number of carbonyl (C=O) groups excluding carboxylic acids is 1. The summed E-state index contributed by atoms with van der Waals surface area (Å²) in [5.41, 5.74) is 6.89. The normalized spacial score (nSPS) is 20.1. The monoisotopic (exact) mass is 336 g/mol. The van der Waals surface area contributed by atoms with Gasteiger partial charge in [-0.25, -0.2) is 0 Å². The van der Waals surface area contributed by atoms with Crippen molar-refractivity contribution in [3.63, 3.8) is 0 Å². The molecule has 1 aliphatic heterocycles. The van der Waals surface area contributed by atoms with Crippen LogP contribution in [0.1, 0.15) is 6.42 Å². The van der Waals surface area contributed by atoms with Gasteiger partial charge in [-0.15, -0.1) is 0 Å². The summed E-state index contributed by atoms with van der Waals surface area (Å²) in [6.07, 6.45) is 0.523. The highest BCUT2D eigenvalue weighted by Gasteiger charge is 2.31. The van der Waals surface area contributed by atoms with Gasteiger partial charge in [-0.3, -0.25) is 4.79 Å². The smallest absolute Gasteiger partial charge is 0.227 e. The molecule has 6 heteroatoms. The third-order valence-electron chi connectivity index (χ3n) is 2.79. The quantitative estimate of drug-likeness (QED) is 0.664. The first kappa shape index (κ1) is 13.0. The van der Waals surface area contributed by atoms with Crippen LogP contribution in [0.3, 0.4) is 0 Å². The Morgan fingerprint density at radius 2 is 2.18 bits per heavy atom. The minimum absolute atomic E-state index is 0.0551. The first-order chi connectivity index (χ1) is 8.02. The number of nitrogen functional groups attached to an aromatic ring is 1. The topological polar surface area (TPSA) is 46.3 Å². The second kappa shape index (κ2) is 5.04. The van der Waals surface area contributed by atoms with E-state index in [9.17, 15) is 4.79 Å². The third kappa shape index (κ3) is 2.54. The van der Waals surface area contributed by atoms with Crippen LogP contribution in [0, 0.1) is 5.92 Å². The summed E-state index contributed by atoms with van der Waals surface area (Å²) in [5, 5.41) is 1.65. The Morgan fingerprint density at radius 3 is 2.76 bits per heavy atom. The Bertz CT molecular complexity index is 467. The van der Waals surface area contributed by atoms with E-state index in [1.807, 2.05) is 0 Å². The van der Waals surface area contributed by atoms with Crippen LogP contribution >= 0.6 is 39.1 Å². The standard InChI is InChI=1S/C11H11BrCl2N2O/c12-4-6-1-10(17)16(5-6)9-3-7(13)2-8(14)11(9)15/h2-3,6H,1,4-5,15H2. The zero-order valence-electron chi connectivity index (χ0n) is 8.92. The molecule has 1 fully saturated rings. The molecule has 1 aromatic carbocycles. The van der Waals surface area contributed by atoms with E-state index in [-0.39, 0.29) is 5.91 Å². The molecule has 92 valence electrons. The molecule has 0 radical (unpaired) electrons. The molecular weight excluding hydrogens is 327 g/mol. The number of carbonyl (C=O) groups is 1. The van der Waals surface area contributed by atoms with Crippen molar-refractivity contribution in [3.05, 3.63) is 22.2 Å². The number of hydrogen-bond donors (Lipinski definition) is 1. The van der Waals surface area contributed by atoms with Crippen molar-refractivity contribution >= 4 is 56.4 Å². The van der Waals surface area contributed by atoms with Crippen LogP contribution in [0.15, 0.2) is 12.1 Å². The van der Waals surface area contributed by atoms with Gasteiger partial charge in [0.15, 0.2) is 0 Å². The number of amides is 1. The Morgan fingerprint density at radius 1 is 1.47 bits per heavy atom. The van der Waals surface area contributed by atoms with Gasteiger partial charge in [0.25, 0.3) is 0 Å². The summed E-state index contributed by atoms with van der Waals surface area (Å²) in [4.78, 5) is 13.5. The molecule has 1 aliphatic rings. The van der Waals surface area contributed by atoms with E-state index in [1.54, 1.807) is 17.0 Å². The highest BCUT2D eigenvalue weighted by molar-refractivity contribution is 9.09. The number of halogens is 3. The molecular formula is C11H11BrCl2N2O. The Labute approximate surface area is 118 Å². The molecule has 0 bridgehead atoms. The van der Waals surface area contributed by atoms with Crippen molar-refractivity contribution in [1.29, 1.82) is 0 Å². The molecule has 3 nitrogen and oxygen atoms in total. The van der Waals surface area contributed by atoms with Crippen LogP contribution in [0.4, 0.5) is 11.4 Å². The molecule has 1 heterocycles. The van der Waals surface area contributed by atoms with Gasteiger partial charge >= 0.3 is 0 Å². The highest BCUT2D eigenvalue weighted by Crippen LogP contribution is 2.37. The van der Waals surface area contributed by atoms with Crippen LogP contribution in [0.25, 0.3) is 0 Å². The Hall–Kier alpha value is -0.450. The van der Waals surface area contributed by atoms with Crippen molar-refractivity contribution in [2.24, 2.45) is 5.92 Å². The Balaban J connectivity index is 2.38. The predicted molar refractivity (Wildman–Crippen MR) is 75.1 cm³/mol. The maximum Gasteiger partial charge on any atom is 0.227 e. The minimum atomic E-state index is 0.0551. The lowest BCUT2D eigenvalue weighted by Gasteiger charge is -2.19. The predicted octanol–water partition coefficient (Wildman–Crippen LogP) is 3.32. The van der Waals surface area contributed by atoms with Gasteiger partial charge in [0.1, 0.15) is 0 Å². The summed E-state index contributed by atoms with van der Waals surface area (Å²) in [6.45, 7) is 0.644. The molecule has 0 aliphatic carbocycles. The fraction of sp³-hybridized carbons (Fsp3) is 0.364. The number of nitrogens with zero attached hydrogens (tertiary/aromatic N) is 1. The molecule has 2 N–H and O–H groups in total. The molecule has 1 atom stereocenters. The van der Waals surface area contributed by atoms with Crippen molar-refractivity contribution in [2.75, 3.05) is 22.5 Å². The molecule has 0 spiro atoms. The third-order valence-corrected chi connectivity index (χ3v) is 4.23.